The SMILES string of the molecule is O=c1[nH]c(Cc2cc(F)cc(F)c2)ncc1Br. The average Bonchev–Trinajstić information content (AvgIpc) is 2.22. The van der Waals surface area contributed by atoms with Gasteiger partial charge in [0, 0.05) is 18.7 Å². The average molecular weight is 301 g/mol. The lowest BCUT2D eigenvalue weighted by molar-refractivity contribution is 0.580. The molecule has 0 saturated carbocycles. The number of hydrogen-bond acceptors (Lipinski definition) is 2. The zero-order valence-corrected chi connectivity index (χ0v) is 10.1. The summed E-state index contributed by atoms with van der Waals surface area (Å²) in [7, 11) is 0. The summed E-state index contributed by atoms with van der Waals surface area (Å²) >= 11 is 3.01. The molecule has 2 rings (SSSR count). The predicted molar refractivity (Wildman–Crippen MR) is 61.7 cm³/mol. The highest BCUT2D eigenvalue weighted by Gasteiger charge is 2.04. The zero-order valence-electron chi connectivity index (χ0n) is 8.51. The maximum absolute atomic E-state index is 12.9. The Bertz CT molecular complexity index is 592. The van der Waals surface area contributed by atoms with Gasteiger partial charge in [0.15, 0.2) is 0 Å². The molecule has 0 amide bonds. The molecule has 0 spiro atoms. The molecule has 1 N–H and O–H groups in total. The van der Waals surface area contributed by atoms with Gasteiger partial charge in [0.1, 0.15) is 21.9 Å². The summed E-state index contributed by atoms with van der Waals surface area (Å²) in [6.07, 6.45) is 1.51. The lowest BCUT2D eigenvalue weighted by Crippen LogP contribution is -2.11. The molecule has 0 saturated heterocycles. The minimum atomic E-state index is -0.653. The fourth-order valence-electron chi connectivity index (χ4n) is 1.41. The van der Waals surface area contributed by atoms with Crippen molar-refractivity contribution in [2.75, 3.05) is 0 Å². The summed E-state index contributed by atoms with van der Waals surface area (Å²) < 4.78 is 26.2. The highest BCUT2D eigenvalue weighted by Crippen LogP contribution is 2.11. The molecule has 0 bridgehead atoms. The number of nitrogens with zero attached hydrogens (tertiary/aromatic N) is 1. The van der Waals surface area contributed by atoms with Crippen LogP contribution in [0.15, 0.2) is 33.7 Å². The van der Waals surface area contributed by atoms with Crippen LogP contribution in [0, 0.1) is 11.6 Å². The van der Waals surface area contributed by atoms with E-state index in [9.17, 15) is 13.6 Å². The highest BCUT2D eigenvalue weighted by atomic mass is 79.9. The Morgan fingerprint density at radius 1 is 1.24 bits per heavy atom. The van der Waals surface area contributed by atoms with Gasteiger partial charge in [-0.1, -0.05) is 0 Å². The van der Waals surface area contributed by atoms with Crippen LogP contribution in [0.3, 0.4) is 0 Å². The number of halogens is 3. The van der Waals surface area contributed by atoms with Gasteiger partial charge in [-0.25, -0.2) is 13.8 Å². The van der Waals surface area contributed by atoms with Crippen LogP contribution in [0.4, 0.5) is 8.78 Å². The first kappa shape index (κ1) is 11.9. The molecule has 0 aliphatic heterocycles. The van der Waals surface area contributed by atoms with Gasteiger partial charge in [-0.05, 0) is 33.6 Å². The van der Waals surface area contributed by atoms with Gasteiger partial charge in [0.05, 0.1) is 0 Å². The molecule has 0 fully saturated rings. The van der Waals surface area contributed by atoms with Gasteiger partial charge in [-0.3, -0.25) is 4.79 Å². The first-order chi connectivity index (χ1) is 8.04. The molecule has 6 heteroatoms. The van der Waals surface area contributed by atoms with Crippen molar-refractivity contribution in [2.45, 2.75) is 6.42 Å². The second-order valence-corrected chi connectivity index (χ2v) is 4.32. The predicted octanol–water partition coefficient (Wildman–Crippen LogP) is 2.40. The van der Waals surface area contributed by atoms with Crippen LogP contribution in [0.25, 0.3) is 0 Å². The molecular formula is C11H7BrF2N2O. The lowest BCUT2D eigenvalue weighted by Gasteiger charge is -2.02. The Labute approximate surface area is 104 Å². The smallest absolute Gasteiger partial charge is 0.265 e. The molecule has 0 unspecified atom stereocenters. The van der Waals surface area contributed by atoms with Gasteiger partial charge >= 0.3 is 0 Å². The number of aromatic amines is 1. The van der Waals surface area contributed by atoms with E-state index in [1.54, 1.807) is 0 Å². The van der Waals surface area contributed by atoms with E-state index in [1.165, 1.54) is 18.3 Å². The van der Waals surface area contributed by atoms with Crippen molar-refractivity contribution in [3.05, 3.63) is 62.2 Å². The van der Waals surface area contributed by atoms with Crippen molar-refractivity contribution in [3.63, 3.8) is 0 Å². The topological polar surface area (TPSA) is 45.8 Å². The van der Waals surface area contributed by atoms with Crippen LogP contribution in [0.1, 0.15) is 11.4 Å². The van der Waals surface area contributed by atoms with Crippen molar-refractivity contribution in [2.24, 2.45) is 0 Å². The minimum Gasteiger partial charge on any atom is -0.309 e. The van der Waals surface area contributed by atoms with Gasteiger partial charge in [0.25, 0.3) is 5.56 Å². The molecule has 0 atom stereocenters. The molecule has 0 aliphatic carbocycles. The van der Waals surface area contributed by atoms with Crippen LogP contribution in [-0.4, -0.2) is 9.97 Å². The van der Waals surface area contributed by atoms with E-state index < -0.39 is 11.6 Å². The van der Waals surface area contributed by atoms with E-state index in [2.05, 4.69) is 25.9 Å². The van der Waals surface area contributed by atoms with E-state index in [0.29, 0.717) is 15.9 Å². The number of H-pyrrole nitrogens is 1. The molecule has 0 aliphatic rings. The van der Waals surface area contributed by atoms with Gasteiger partial charge < -0.3 is 4.98 Å². The molecule has 2 aromatic rings. The summed E-state index contributed by atoms with van der Waals surface area (Å²) in [5.41, 5.74) is 0.0832. The Morgan fingerprint density at radius 3 is 2.47 bits per heavy atom. The number of hydrogen-bond donors (Lipinski definition) is 1. The van der Waals surface area contributed by atoms with Gasteiger partial charge in [-0.2, -0.15) is 0 Å². The number of aromatic nitrogens is 2. The standard InChI is InChI=1S/C11H7BrF2N2O/c12-9-5-15-10(16-11(9)17)3-6-1-7(13)4-8(14)2-6/h1-2,4-5H,3H2,(H,15,16,17). The highest BCUT2D eigenvalue weighted by molar-refractivity contribution is 9.10. The van der Waals surface area contributed by atoms with Crippen LogP contribution >= 0.6 is 15.9 Å². The van der Waals surface area contributed by atoms with E-state index in [-0.39, 0.29) is 12.0 Å². The van der Waals surface area contributed by atoms with Crippen molar-refractivity contribution in [1.29, 1.82) is 0 Å². The summed E-state index contributed by atoms with van der Waals surface area (Å²) in [5.74, 6) is -0.956. The third kappa shape index (κ3) is 2.97. The Balaban J connectivity index is 2.31. The van der Waals surface area contributed by atoms with Crippen LogP contribution in [0.2, 0.25) is 0 Å². The van der Waals surface area contributed by atoms with Crippen LogP contribution in [0.5, 0.6) is 0 Å². The van der Waals surface area contributed by atoms with E-state index in [1.807, 2.05) is 0 Å². The molecular weight excluding hydrogens is 294 g/mol. The summed E-state index contributed by atoms with van der Waals surface area (Å²) in [6.45, 7) is 0. The second kappa shape index (κ2) is 4.75. The number of nitrogens with one attached hydrogen (secondary N) is 1. The quantitative estimate of drug-likeness (QED) is 0.926. The maximum Gasteiger partial charge on any atom is 0.265 e. The normalized spacial score (nSPS) is 10.5. The lowest BCUT2D eigenvalue weighted by atomic mass is 10.1. The van der Waals surface area contributed by atoms with Crippen molar-refractivity contribution in [3.8, 4) is 0 Å². The third-order valence-corrected chi connectivity index (χ3v) is 2.67. The molecule has 17 heavy (non-hydrogen) atoms. The molecule has 1 heterocycles. The monoisotopic (exact) mass is 300 g/mol. The van der Waals surface area contributed by atoms with E-state index in [0.717, 1.165) is 6.07 Å². The molecule has 0 radical (unpaired) electrons. The fraction of sp³-hybridized carbons (Fsp3) is 0.0909. The van der Waals surface area contributed by atoms with Crippen molar-refractivity contribution >= 4 is 15.9 Å². The second-order valence-electron chi connectivity index (χ2n) is 3.46. The first-order valence-electron chi connectivity index (χ1n) is 4.73. The minimum absolute atomic E-state index is 0.164. The molecule has 1 aromatic heterocycles. The summed E-state index contributed by atoms with van der Waals surface area (Å²) in [5, 5.41) is 0. The van der Waals surface area contributed by atoms with E-state index in [4.69, 9.17) is 0 Å². The maximum atomic E-state index is 12.9. The van der Waals surface area contributed by atoms with Gasteiger partial charge in [-0.15, -0.1) is 0 Å². The molecule has 3 nitrogen and oxygen atoms in total. The fourth-order valence-corrected chi connectivity index (χ4v) is 1.61. The summed E-state index contributed by atoms with van der Waals surface area (Å²) in [6, 6.07) is 3.19. The molecule has 1 aromatic carbocycles. The van der Waals surface area contributed by atoms with Crippen molar-refractivity contribution in [1.82, 2.24) is 9.97 Å². The number of benzene rings is 1. The third-order valence-electron chi connectivity index (χ3n) is 2.10. The number of rotatable bonds is 2. The Kier molecular flexibility index (Phi) is 3.33. The van der Waals surface area contributed by atoms with Crippen molar-refractivity contribution < 1.29 is 8.78 Å². The van der Waals surface area contributed by atoms with Crippen LogP contribution < -0.4 is 5.56 Å². The molecule has 88 valence electrons. The Morgan fingerprint density at radius 2 is 1.88 bits per heavy atom. The largest absolute Gasteiger partial charge is 0.309 e. The van der Waals surface area contributed by atoms with E-state index >= 15 is 0 Å². The van der Waals surface area contributed by atoms with Gasteiger partial charge in [0.2, 0.25) is 0 Å². The van der Waals surface area contributed by atoms with Crippen LogP contribution in [-0.2, 0) is 6.42 Å². The summed E-state index contributed by atoms with van der Waals surface area (Å²) in [4.78, 5) is 17.7. The first-order valence-corrected chi connectivity index (χ1v) is 5.52. The zero-order chi connectivity index (χ0) is 12.4. The Hall–Kier alpha value is -1.56.